The Kier molecular flexibility index (Phi) is 4.18. The van der Waals surface area contributed by atoms with Gasteiger partial charge in [0.2, 0.25) is 5.91 Å². The predicted molar refractivity (Wildman–Crippen MR) is 76.7 cm³/mol. The number of rotatable bonds is 3. The summed E-state index contributed by atoms with van der Waals surface area (Å²) in [6, 6.07) is 8.02. The van der Waals surface area contributed by atoms with Crippen LogP contribution in [0.25, 0.3) is 0 Å². The summed E-state index contributed by atoms with van der Waals surface area (Å²) in [7, 11) is 0. The molecule has 1 saturated heterocycles. The summed E-state index contributed by atoms with van der Waals surface area (Å²) in [4.78, 5) is 14.4. The zero-order valence-corrected chi connectivity index (χ0v) is 11.6. The van der Waals surface area contributed by atoms with E-state index in [1.165, 1.54) is 0 Å². The highest BCUT2D eigenvalue weighted by molar-refractivity contribution is 5.78. The molecule has 20 heavy (non-hydrogen) atoms. The summed E-state index contributed by atoms with van der Waals surface area (Å²) in [5.41, 5.74) is 1.09. The largest absolute Gasteiger partial charge is 0.493 e. The molecule has 0 aliphatic carbocycles. The van der Waals surface area contributed by atoms with E-state index < -0.39 is 0 Å². The molecule has 5 nitrogen and oxygen atoms in total. The molecule has 2 aliphatic heterocycles. The fourth-order valence-electron chi connectivity index (χ4n) is 2.80. The Morgan fingerprint density at radius 2 is 2.15 bits per heavy atom. The Balaban J connectivity index is 1.59. The van der Waals surface area contributed by atoms with Gasteiger partial charge in [0, 0.05) is 38.2 Å². The number of ether oxygens (including phenoxy) is 1. The van der Waals surface area contributed by atoms with Crippen LogP contribution in [-0.4, -0.2) is 50.1 Å². The number of hydrogen-bond donors (Lipinski definition) is 2. The highest BCUT2D eigenvalue weighted by atomic mass is 16.5. The lowest BCUT2D eigenvalue weighted by atomic mass is 10.0. The average molecular weight is 275 g/mol. The summed E-state index contributed by atoms with van der Waals surface area (Å²) in [5, 5.41) is 6.43. The van der Waals surface area contributed by atoms with Crippen molar-refractivity contribution >= 4 is 5.91 Å². The molecule has 0 radical (unpaired) electrons. The Hall–Kier alpha value is -1.59. The fraction of sp³-hybridized carbons (Fsp3) is 0.533. The first-order valence-corrected chi connectivity index (χ1v) is 7.27. The second kappa shape index (κ2) is 6.24. The van der Waals surface area contributed by atoms with Crippen molar-refractivity contribution in [2.45, 2.75) is 12.5 Å². The van der Waals surface area contributed by atoms with Crippen molar-refractivity contribution in [3.63, 3.8) is 0 Å². The van der Waals surface area contributed by atoms with Crippen LogP contribution < -0.4 is 15.4 Å². The van der Waals surface area contributed by atoms with E-state index in [0.29, 0.717) is 13.2 Å². The van der Waals surface area contributed by atoms with Crippen LogP contribution in [0.15, 0.2) is 24.3 Å². The van der Waals surface area contributed by atoms with Gasteiger partial charge >= 0.3 is 0 Å². The van der Waals surface area contributed by atoms with Crippen molar-refractivity contribution in [3.8, 4) is 5.75 Å². The normalized spacial score (nSPS) is 22.7. The predicted octanol–water partition coefficient (Wildman–Crippen LogP) is 0.532. The molecular weight excluding hydrogens is 254 g/mol. The topological polar surface area (TPSA) is 53.6 Å². The Morgan fingerprint density at radius 1 is 1.35 bits per heavy atom. The van der Waals surface area contributed by atoms with Gasteiger partial charge in [-0.05, 0) is 6.07 Å². The van der Waals surface area contributed by atoms with Crippen LogP contribution >= 0.6 is 0 Å². The lowest BCUT2D eigenvalue weighted by molar-refractivity contribution is -0.123. The first kappa shape index (κ1) is 13.4. The van der Waals surface area contributed by atoms with Gasteiger partial charge in [-0.15, -0.1) is 0 Å². The van der Waals surface area contributed by atoms with Crippen LogP contribution in [0.5, 0.6) is 5.75 Å². The molecule has 1 unspecified atom stereocenters. The third-order valence-electron chi connectivity index (χ3n) is 3.87. The van der Waals surface area contributed by atoms with Gasteiger partial charge in [0.15, 0.2) is 0 Å². The minimum Gasteiger partial charge on any atom is -0.493 e. The highest BCUT2D eigenvalue weighted by Crippen LogP contribution is 2.31. The minimum absolute atomic E-state index is 0.0790. The van der Waals surface area contributed by atoms with Crippen molar-refractivity contribution < 1.29 is 9.53 Å². The summed E-state index contributed by atoms with van der Waals surface area (Å²) < 4.78 is 5.62. The number of para-hydroxylation sites is 1. The van der Waals surface area contributed by atoms with E-state index >= 15 is 0 Å². The van der Waals surface area contributed by atoms with Gasteiger partial charge in [0.05, 0.1) is 19.2 Å². The number of benzene rings is 1. The maximum atomic E-state index is 12.2. The summed E-state index contributed by atoms with van der Waals surface area (Å²) in [5.74, 6) is 1.000. The zero-order chi connectivity index (χ0) is 13.8. The number of piperazine rings is 1. The van der Waals surface area contributed by atoms with Crippen LogP contribution in [-0.2, 0) is 4.79 Å². The summed E-state index contributed by atoms with van der Waals surface area (Å²) >= 11 is 0. The molecule has 0 saturated carbocycles. The molecule has 1 fully saturated rings. The molecule has 1 aromatic carbocycles. The van der Waals surface area contributed by atoms with E-state index in [1.54, 1.807) is 0 Å². The van der Waals surface area contributed by atoms with Crippen LogP contribution in [0.1, 0.15) is 18.0 Å². The standard InChI is InChI=1S/C15H21N3O2/c19-15(11-18-8-6-16-7-9-18)17-13-5-10-20-14-4-2-1-3-12(13)14/h1-4,13,16H,5-11H2,(H,17,19). The molecule has 1 aromatic rings. The molecule has 0 aromatic heterocycles. The van der Waals surface area contributed by atoms with Crippen LogP contribution in [0, 0.1) is 0 Å². The minimum atomic E-state index is 0.0790. The fourth-order valence-corrected chi connectivity index (χ4v) is 2.80. The zero-order valence-electron chi connectivity index (χ0n) is 11.6. The van der Waals surface area contributed by atoms with Gasteiger partial charge in [-0.1, -0.05) is 18.2 Å². The lowest BCUT2D eigenvalue weighted by Gasteiger charge is -2.29. The van der Waals surface area contributed by atoms with E-state index in [2.05, 4.69) is 15.5 Å². The van der Waals surface area contributed by atoms with E-state index in [4.69, 9.17) is 4.74 Å². The second-order valence-corrected chi connectivity index (χ2v) is 5.32. The Labute approximate surface area is 119 Å². The monoisotopic (exact) mass is 275 g/mol. The average Bonchev–Trinajstić information content (AvgIpc) is 2.48. The summed E-state index contributed by atoms with van der Waals surface area (Å²) in [6.45, 7) is 4.97. The number of carbonyl (C=O) groups is 1. The molecule has 0 bridgehead atoms. The molecule has 5 heteroatoms. The highest BCUT2D eigenvalue weighted by Gasteiger charge is 2.23. The van der Waals surface area contributed by atoms with Crippen molar-refractivity contribution in [1.29, 1.82) is 0 Å². The van der Waals surface area contributed by atoms with E-state index in [1.807, 2.05) is 24.3 Å². The molecule has 108 valence electrons. The molecule has 1 amide bonds. The molecule has 2 heterocycles. The lowest BCUT2D eigenvalue weighted by Crippen LogP contribution is -2.48. The van der Waals surface area contributed by atoms with Crippen molar-refractivity contribution in [3.05, 3.63) is 29.8 Å². The van der Waals surface area contributed by atoms with Gasteiger partial charge in [0.25, 0.3) is 0 Å². The van der Waals surface area contributed by atoms with Crippen molar-refractivity contribution in [1.82, 2.24) is 15.5 Å². The molecule has 0 spiro atoms. The van der Waals surface area contributed by atoms with E-state index in [9.17, 15) is 4.79 Å². The number of carbonyl (C=O) groups excluding carboxylic acids is 1. The van der Waals surface area contributed by atoms with Gasteiger partial charge < -0.3 is 15.4 Å². The number of amides is 1. The first-order chi connectivity index (χ1) is 9.83. The third kappa shape index (κ3) is 3.11. The van der Waals surface area contributed by atoms with Gasteiger partial charge in [0.1, 0.15) is 5.75 Å². The van der Waals surface area contributed by atoms with Crippen LogP contribution in [0.4, 0.5) is 0 Å². The van der Waals surface area contributed by atoms with Crippen molar-refractivity contribution in [2.75, 3.05) is 39.3 Å². The van der Waals surface area contributed by atoms with Gasteiger partial charge in [-0.3, -0.25) is 9.69 Å². The quantitative estimate of drug-likeness (QED) is 0.845. The van der Waals surface area contributed by atoms with Gasteiger partial charge in [-0.25, -0.2) is 0 Å². The third-order valence-corrected chi connectivity index (χ3v) is 3.87. The van der Waals surface area contributed by atoms with E-state index in [-0.39, 0.29) is 11.9 Å². The van der Waals surface area contributed by atoms with E-state index in [0.717, 1.165) is 43.9 Å². The van der Waals surface area contributed by atoms with Crippen LogP contribution in [0.3, 0.4) is 0 Å². The smallest absolute Gasteiger partial charge is 0.234 e. The number of nitrogens with zero attached hydrogens (tertiary/aromatic N) is 1. The molecule has 1 atom stereocenters. The summed E-state index contributed by atoms with van der Waals surface area (Å²) in [6.07, 6.45) is 0.838. The molecule has 3 rings (SSSR count). The Morgan fingerprint density at radius 3 is 3.00 bits per heavy atom. The number of hydrogen-bond acceptors (Lipinski definition) is 4. The maximum absolute atomic E-state index is 12.2. The maximum Gasteiger partial charge on any atom is 0.234 e. The molecule has 2 N–H and O–H groups in total. The number of fused-ring (bicyclic) bond motifs is 1. The van der Waals surface area contributed by atoms with Crippen LogP contribution in [0.2, 0.25) is 0 Å². The number of nitrogens with one attached hydrogen (secondary N) is 2. The Bertz CT molecular complexity index is 472. The second-order valence-electron chi connectivity index (χ2n) is 5.32. The first-order valence-electron chi connectivity index (χ1n) is 7.27. The van der Waals surface area contributed by atoms with Gasteiger partial charge in [-0.2, -0.15) is 0 Å². The molecule has 2 aliphatic rings. The molecular formula is C15H21N3O2. The SMILES string of the molecule is O=C(CN1CCNCC1)NC1CCOc2ccccc21. The van der Waals surface area contributed by atoms with Crippen molar-refractivity contribution in [2.24, 2.45) is 0 Å².